The molecule has 1 unspecified atom stereocenters. The van der Waals surface area contributed by atoms with Crippen LogP contribution < -0.4 is 5.32 Å². The SMILES string of the molecule is C1CNC(CCC2CC2)SC1. The van der Waals surface area contributed by atoms with Crippen molar-refractivity contribution in [1.29, 1.82) is 0 Å². The van der Waals surface area contributed by atoms with Gasteiger partial charge in [0.25, 0.3) is 0 Å². The lowest BCUT2D eigenvalue weighted by molar-refractivity contribution is 0.548. The molecule has 0 aromatic heterocycles. The van der Waals surface area contributed by atoms with E-state index in [0.717, 1.165) is 11.3 Å². The van der Waals surface area contributed by atoms with Gasteiger partial charge in [-0.1, -0.05) is 12.8 Å². The predicted molar refractivity (Wildman–Crippen MR) is 50.8 cm³/mol. The van der Waals surface area contributed by atoms with Crippen molar-refractivity contribution in [2.75, 3.05) is 12.3 Å². The molecule has 2 heteroatoms. The van der Waals surface area contributed by atoms with Crippen molar-refractivity contribution in [2.24, 2.45) is 5.92 Å². The summed E-state index contributed by atoms with van der Waals surface area (Å²) in [4.78, 5) is 0. The molecule has 1 nitrogen and oxygen atoms in total. The Morgan fingerprint density at radius 2 is 2.18 bits per heavy atom. The standard InChI is InChI=1S/C9H17NS/c1-6-10-9(11-7-1)5-4-8-2-3-8/h8-10H,1-7H2. The molecular formula is C9H17NS. The molecule has 0 aromatic rings. The third kappa shape index (κ3) is 2.68. The first-order chi connectivity index (χ1) is 5.45. The van der Waals surface area contributed by atoms with Crippen LogP contribution in [0.1, 0.15) is 32.1 Å². The topological polar surface area (TPSA) is 12.0 Å². The Morgan fingerprint density at radius 1 is 1.27 bits per heavy atom. The molecule has 64 valence electrons. The lowest BCUT2D eigenvalue weighted by Gasteiger charge is -2.22. The van der Waals surface area contributed by atoms with Crippen molar-refractivity contribution in [3.05, 3.63) is 0 Å². The van der Waals surface area contributed by atoms with E-state index in [1.54, 1.807) is 0 Å². The van der Waals surface area contributed by atoms with Gasteiger partial charge in [0, 0.05) is 0 Å². The summed E-state index contributed by atoms with van der Waals surface area (Å²) in [5.74, 6) is 2.49. The summed E-state index contributed by atoms with van der Waals surface area (Å²) >= 11 is 2.12. The van der Waals surface area contributed by atoms with Gasteiger partial charge in [0.1, 0.15) is 0 Å². The number of hydrogen-bond acceptors (Lipinski definition) is 2. The lowest BCUT2D eigenvalue weighted by Crippen LogP contribution is -2.31. The third-order valence-electron chi connectivity index (χ3n) is 2.55. The van der Waals surface area contributed by atoms with Gasteiger partial charge in [-0.3, -0.25) is 0 Å². The van der Waals surface area contributed by atoms with Crippen molar-refractivity contribution in [3.63, 3.8) is 0 Å². The van der Waals surface area contributed by atoms with Crippen LogP contribution in [0.5, 0.6) is 0 Å². The summed E-state index contributed by atoms with van der Waals surface area (Å²) in [5.41, 5.74) is 0. The predicted octanol–water partition coefficient (Wildman–Crippen LogP) is 2.23. The summed E-state index contributed by atoms with van der Waals surface area (Å²) in [6, 6.07) is 0. The number of hydrogen-bond donors (Lipinski definition) is 1. The first kappa shape index (κ1) is 7.93. The fraction of sp³-hybridized carbons (Fsp3) is 1.00. The van der Waals surface area contributed by atoms with Crippen LogP contribution in [-0.2, 0) is 0 Å². The molecule has 1 heterocycles. The van der Waals surface area contributed by atoms with E-state index in [-0.39, 0.29) is 0 Å². The first-order valence-electron chi connectivity index (χ1n) is 4.80. The Labute approximate surface area is 73.3 Å². The third-order valence-corrected chi connectivity index (χ3v) is 3.88. The van der Waals surface area contributed by atoms with E-state index in [1.165, 1.54) is 44.4 Å². The van der Waals surface area contributed by atoms with Crippen LogP contribution in [0.4, 0.5) is 0 Å². The second-order valence-electron chi connectivity index (χ2n) is 3.69. The number of nitrogens with one attached hydrogen (secondary N) is 1. The second-order valence-corrected chi connectivity index (χ2v) is 5.00. The molecule has 2 rings (SSSR count). The second kappa shape index (κ2) is 3.81. The monoisotopic (exact) mass is 171 g/mol. The molecular weight excluding hydrogens is 154 g/mol. The maximum atomic E-state index is 3.57. The molecule has 0 bridgehead atoms. The van der Waals surface area contributed by atoms with E-state index in [9.17, 15) is 0 Å². The largest absolute Gasteiger partial charge is 0.305 e. The average molecular weight is 171 g/mol. The van der Waals surface area contributed by atoms with Crippen LogP contribution in [0.3, 0.4) is 0 Å². The lowest BCUT2D eigenvalue weighted by atomic mass is 10.2. The minimum Gasteiger partial charge on any atom is -0.305 e. The van der Waals surface area contributed by atoms with Crippen LogP contribution in [0, 0.1) is 5.92 Å². The maximum absolute atomic E-state index is 3.57. The first-order valence-corrected chi connectivity index (χ1v) is 5.85. The van der Waals surface area contributed by atoms with Crippen LogP contribution in [0.15, 0.2) is 0 Å². The maximum Gasteiger partial charge on any atom is 0.0532 e. The molecule has 2 aliphatic rings. The minimum absolute atomic E-state index is 0.796. The Kier molecular flexibility index (Phi) is 2.75. The highest BCUT2D eigenvalue weighted by atomic mass is 32.2. The summed E-state index contributed by atoms with van der Waals surface area (Å²) in [7, 11) is 0. The molecule has 2 fully saturated rings. The number of rotatable bonds is 3. The molecule has 0 aromatic carbocycles. The minimum atomic E-state index is 0.796. The molecule has 0 radical (unpaired) electrons. The molecule has 1 aliphatic carbocycles. The van der Waals surface area contributed by atoms with E-state index in [2.05, 4.69) is 17.1 Å². The highest BCUT2D eigenvalue weighted by Gasteiger charge is 2.23. The number of thioether (sulfide) groups is 1. The van der Waals surface area contributed by atoms with Crippen LogP contribution >= 0.6 is 11.8 Å². The molecule has 1 saturated heterocycles. The Morgan fingerprint density at radius 3 is 2.82 bits per heavy atom. The van der Waals surface area contributed by atoms with Crippen molar-refractivity contribution in [1.82, 2.24) is 5.32 Å². The Hall–Kier alpha value is 0.310. The van der Waals surface area contributed by atoms with Gasteiger partial charge in [0.2, 0.25) is 0 Å². The quantitative estimate of drug-likeness (QED) is 0.699. The fourth-order valence-electron chi connectivity index (χ4n) is 1.60. The van der Waals surface area contributed by atoms with E-state index in [4.69, 9.17) is 0 Å². The van der Waals surface area contributed by atoms with Gasteiger partial charge in [0.05, 0.1) is 5.37 Å². The van der Waals surface area contributed by atoms with Gasteiger partial charge in [-0.15, -0.1) is 11.8 Å². The van der Waals surface area contributed by atoms with Crippen LogP contribution in [0.2, 0.25) is 0 Å². The van der Waals surface area contributed by atoms with Crippen molar-refractivity contribution in [2.45, 2.75) is 37.5 Å². The van der Waals surface area contributed by atoms with Gasteiger partial charge < -0.3 is 5.32 Å². The molecule has 1 aliphatic heterocycles. The summed E-state index contributed by atoms with van der Waals surface area (Å²) in [5, 5.41) is 4.36. The highest BCUT2D eigenvalue weighted by molar-refractivity contribution is 7.99. The molecule has 1 N–H and O–H groups in total. The Balaban J connectivity index is 1.59. The van der Waals surface area contributed by atoms with E-state index >= 15 is 0 Å². The van der Waals surface area contributed by atoms with E-state index in [0.29, 0.717) is 0 Å². The fourth-order valence-corrected chi connectivity index (χ4v) is 2.73. The summed E-state index contributed by atoms with van der Waals surface area (Å²) < 4.78 is 0. The zero-order valence-corrected chi connectivity index (χ0v) is 7.83. The summed E-state index contributed by atoms with van der Waals surface area (Å²) in [6.07, 6.45) is 7.28. The van der Waals surface area contributed by atoms with Gasteiger partial charge in [-0.2, -0.15) is 0 Å². The molecule has 0 spiro atoms. The highest BCUT2D eigenvalue weighted by Crippen LogP contribution is 2.35. The van der Waals surface area contributed by atoms with Crippen molar-refractivity contribution in [3.8, 4) is 0 Å². The Bertz CT molecular complexity index is 117. The summed E-state index contributed by atoms with van der Waals surface area (Å²) in [6.45, 7) is 1.25. The van der Waals surface area contributed by atoms with Gasteiger partial charge in [-0.25, -0.2) is 0 Å². The van der Waals surface area contributed by atoms with Crippen molar-refractivity contribution < 1.29 is 0 Å². The van der Waals surface area contributed by atoms with Gasteiger partial charge >= 0.3 is 0 Å². The van der Waals surface area contributed by atoms with Crippen LogP contribution in [0.25, 0.3) is 0 Å². The smallest absolute Gasteiger partial charge is 0.0532 e. The van der Waals surface area contributed by atoms with E-state index in [1.807, 2.05) is 0 Å². The zero-order valence-electron chi connectivity index (χ0n) is 7.01. The van der Waals surface area contributed by atoms with Gasteiger partial charge in [0.15, 0.2) is 0 Å². The molecule has 11 heavy (non-hydrogen) atoms. The van der Waals surface area contributed by atoms with Crippen LogP contribution in [-0.4, -0.2) is 17.7 Å². The normalized spacial score (nSPS) is 32.2. The molecule has 0 amide bonds. The van der Waals surface area contributed by atoms with Crippen molar-refractivity contribution >= 4 is 11.8 Å². The average Bonchev–Trinajstić information content (AvgIpc) is 2.86. The van der Waals surface area contributed by atoms with E-state index < -0.39 is 0 Å². The zero-order chi connectivity index (χ0) is 7.52. The molecule has 1 saturated carbocycles. The van der Waals surface area contributed by atoms with Gasteiger partial charge in [-0.05, 0) is 37.5 Å². The molecule has 1 atom stereocenters.